The fraction of sp³-hybridized carbons (Fsp3) is 0.375. The number of carbonyl (C=O) groups is 1. The number of benzene rings is 1. The Labute approximate surface area is 200 Å². The number of aryl methyl sites for hydroxylation is 1. The van der Waals surface area contributed by atoms with Gasteiger partial charge in [0.05, 0.1) is 13.2 Å². The Bertz CT molecular complexity index is 1160. The molecule has 2 heterocycles. The normalized spacial score (nSPS) is 11.8. The number of pyridine rings is 1. The summed E-state index contributed by atoms with van der Waals surface area (Å²) < 4.78 is 58.0. The molecule has 8 nitrogen and oxygen atoms in total. The van der Waals surface area contributed by atoms with Crippen LogP contribution in [0.3, 0.4) is 0 Å². The summed E-state index contributed by atoms with van der Waals surface area (Å²) in [6, 6.07) is 8.80. The van der Waals surface area contributed by atoms with E-state index >= 15 is 0 Å². The van der Waals surface area contributed by atoms with Crippen LogP contribution in [0.25, 0.3) is 5.82 Å². The summed E-state index contributed by atoms with van der Waals surface area (Å²) in [7, 11) is 0. The number of rotatable bonds is 11. The maximum atomic E-state index is 13.4. The molecule has 3 aromatic rings. The number of carboxylic acid groups (broad SMARTS) is 1. The molecule has 1 aromatic carbocycles. The maximum absolute atomic E-state index is 13.4. The molecule has 0 aliphatic rings. The summed E-state index contributed by atoms with van der Waals surface area (Å²) >= 11 is 0. The van der Waals surface area contributed by atoms with Gasteiger partial charge in [-0.05, 0) is 57.9 Å². The van der Waals surface area contributed by atoms with Gasteiger partial charge in [-0.2, -0.15) is 13.2 Å². The minimum atomic E-state index is -4.58. The molecule has 0 fully saturated rings. The van der Waals surface area contributed by atoms with E-state index in [0.717, 1.165) is 10.7 Å². The van der Waals surface area contributed by atoms with Gasteiger partial charge in [-0.25, -0.2) is 14.5 Å². The van der Waals surface area contributed by atoms with Gasteiger partial charge in [0, 0.05) is 24.0 Å². The maximum Gasteiger partial charge on any atom is 0.420 e. The number of aromatic nitrogens is 3. The van der Waals surface area contributed by atoms with E-state index in [1.54, 1.807) is 31.2 Å². The average Bonchev–Trinajstić information content (AvgIpc) is 3.19. The Morgan fingerprint density at radius 2 is 1.86 bits per heavy atom. The van der Waals surface area contributed by atoms with Gasteiger partial charge in [-0.1, -0.05) is 6.07 Å². The van der Waals surface area contributed by atoms with E-state index in [9.17, 15) is 23.1 Å². The molecule has 2 aromatic heterocycles. The van der Waals surface area contributed by atoms with E-state index in [4.69, 9.17) is 14.2 Å². The van der Waals surface area contributed by atoms with Crippen LogP contribution in [0.15, 0.2) is 48.8 Å². The first-order valence-electron chi connectivity index (χ1n) is 10.9. The molecule has 0 bridgehead atoms. The van der Waals surface area contributed by atoms with Gasteiger partial charge in [0.15, 0.2) is 11.4 Å². The fourth-order valence-corrected chi connectivity index (χ4v) is 3.15. The van der Waals surface area contributed by atoms with Crippen LogP contribution < -0.4 is 14.2 Å². The number of alkyl halides is 3. The Morgan fingerprint density at radius 3 is 2.54 bits per heavy atom. The van der Waals surface area contributed by atoms with E-state index in [0.29, 0.717) is 43.1 Å². The van der Waals surface area contributed by atoms with Crippen molar-refractivity contribution in [2.45, 2.75) is 45.4 Å². The quantitative estimate of drug-likeness (QED) is 0.378. The van der Waals surface area contributed by atoms with Crippen molar-refractivity contribution in [3.63, 3.8) is 0 Å². The topological polar surface area (TPSA) is 95.7 Å². The fourth-order valence-electron chi connectivity index (χ4n) is 3.15. The first-order valence-corrected chi connectivity index (χ1v) is 10.9. The third-order valence-corrected chi connectivity index (χ3v) is 4.89. The summed E-state index contributed by atoms with van der Waals surface area (Å²) in [6.45, 7) is 5.24. The predicted octanol–water partition coefficient (Wildman–Crippen LogP) is 4.94. The van der Waals surface area contributed by atoms with Gasteiger partial charge in [0.2, 0.25) is 5.88 Å². The molecule has 3 rings (SSSR count). The number of aliphatic carboxylic acids is 1. The monoisotopic (exact) mass is 493 g/mol. The van der Waals surface area contributed by atoms with Gasteiger partial charge in [-0.15, -0.1) is 5.10 Å². The molecule has 1 N–H and O–H groups in total. The van der Waals surface area contributed by atoms with E-state index in [2.05, 4.69) is 10.1 Å². The average molecular weight is 493 g/mol. The van der Waals surface area contributed by atoms with Crippen molar-refractivity contribution in [3.05, 3.63) is 59.9 Å². The molecular weight excluding hydrogens is 467 g/mol. The zero-order valence-electron chi connectivity index (χ0n) is 19.5. The van der Waals surface area contributed by atoms with Gasteiger partial charge in [0.1, 0.15) is 17.1 Å². The highest BCUT2D eigenvalue weighted by molar-refractivity contribution is 5.76. The highest BCUT2D eigenvalue weighted by Gasteiger charge is 2.35. The Hall–Kier alpha value is -3.76. The number of halogens is 3. The minimum absolute atomic E-state index is 0.234. The molecule has 0 spiro atoms. The molecule has 0 aliphatic carbocycles. The molecule has 0 aliphatic heterocycles. The first kappa shape index (κ1) is 25.9. The summed E-state index contributed by atoms with van der Waals surface area (Å²) in [5, 5.41) is 13.4. The number of hydrogen-bond donors (Lipinski definition) is 1. The zero-order chi connectivity index (χ0) is 25.6. The summed E-state index contributed by atoms with van der Waals surface area (Å²) in [5.41, 5.74) is -1.67. The van der Waals surface area contributed by atoms with Crippen molar-refractivity contribution < 1.29 is 37.3 Å². The lowest BCUT2D eigenvalue weighted by Crippen LogP contribution is -2.37. The molecule has 0 saturated heterocycles. The Balaban J connectivity index is 1.67. The van der Waals surface area contributed by atoms with Crippen LogP contribution in [0.4, 0.5) is 13.2 Å². The summed E-state index contributed by atoms with van der Waals surface area (Å²) in [4.78, 5) is 15.1. The SMILES string of the molecule is CCOc1nn(-c2ncccc2C(F)(F)F)cc1CCCOc1cccc(OC(C)(C)C(=O)O)c1. The van der Waals surface area contributed by atoms with Crippen LogP contribution in [-0.4, -0.2) is 44.7 Å². The third kappa shape index (κ3) is 6.65. The van der Waals surface area contributed by atoms with E-state index < -0.39 is 23.3 Å². The zero-order valence-corrected chi connectivity index (χ0v) is 19.5. The molecule has 0 saturated carbocycles. The van der Waals surface area contributed by atoms with Crippen LogP contribution in [0.2, 0.25) is 0 Å². The number of hydrogen-bond acceptors (Lipinski definition) is 6. The van der Waals surface area contributed by atoms with Crippen molar-refractivity contribution in [2.24, 2.45) is 0 Å². The van der Waals surface area contributed by atoms with Crippen molar-refractivity contribution >= 4 is 5.97 Å². The summed E-state index contributed by atoms with van der Waals surface area (Å²) in [5.74, 6) is -0.344. The molecule has 11 heteroatoms. The van der Waals surface area contributed by atoms with Crippen LogP contribution in [0, 0.1) is 0 Å². The second kappa shape index (κ2) is 10.7. The third-order valence-electron chi connectivity index (χ3n) is 4.89. The lowest BCUT2D eigenvalue weighted by Gasteiger charge is -2.21. The Morgan fingerprint density at radius 1 is 1.11 bits per heavy atom. The molecule has 0 radical (unpaired) electrons. The second-order valence-electron chi connectivity index (χ2n) is 8.05. The van der Waals surface area contributed by atoms with Crippen molar-refractivity contribution in [3.8, 4) is 23.2 Å². The van der Waals surface area contributed by atoms with E-state index in [-0.39, 0.29) is 11.7 Å². The molecule has 35 heavy (non-hydrogen) atoms. The molecular formula is C24H26F3N3O5. The smallest absolute Gasteiger partial charge is 0.420 e. The predicted molar refractivity (Wildman–Crippen MR) is 120 cm³/mol. The summed E-state index contributed by atoms with van der Waals surface area (Å²) in [6.07, 6.45) is -0.870. The molecule has 0 unspecified atom stereocenters. The lowest BCUT2D eigenvalue weighted by atomic mass is 10.1. The highest BCUT2D eigenvalue weighted by Crippen LogP contribution is 2.33. The van der Waals surface area contributed by atoms with Gasteiger partial charge in [-0.3, -0.25) is 0 Å². The second-order valence-corrected chi connectivity index (χ2v) is 8.05. The number of carboxylic acids is 1. The van der Waals surface area contributed by atoms with Crippen LogP contribution >= 0.6 is 0 Å². The number of ether oxygens (including phenoxy) is 3. The lowest BCUT2D eigenvalue weighted by molar-refractivity contribution is -0.152. The Kier molecular flexibility index (Phi) is 7.88. The van der Waals surface area contributed by atoms with Gasteiger partial charge >= 0.3 is 12.1 Å². The van der Waals surface area contributed by atoms with Crippen LogP contribution in [-0.2, 0) is 17.4 Å². The largest absolute Gasteiger partial charge is 0.493 e. The van der Waals surface area contributed by atoms with Crippen molar-refractivity contribution in [2.75, 3.05) is 13.2 Å². The minimum Gasteiger partial charge on any atom is -0.493 e. The molecule has 0 amide bonds. The van der Waals surface area contributed by atoms with Crippen molar-refractivity contribution in [1.29, 1.82) is 0 Å². The van der Waals surface area contributed by atoms with Crippen molar-refractivity contribution in [1.82, 2.24) is 14.8 Å². The van der Waals surface area contributed by atoms with Gasteiger partial charge < -0.3 is 19.3 Å². The van der Waals surface area contributed by atoms with E-state index in [1.807, 2.05) is 0 Å². The van der Waals surface area contributed by atoms with Crippen LogP contribution in [0.1, 0.15) is 38.3 Å². The first-order chi connectivity index (χ1) is 16.5. The van der Waals surface area contributed by atoms with Gasteiger partial charge in [0.25, 0.3) is 0 Å². The standard InChI is InChI=1S/C24H26F3N3O5/c1-4-33-21-16(15-30(29-21)20-19(24(25,26)27)11-6-12-28-20)8-7-13-34-17-9-5-10-18(14-17)35-23(2,3)22(31)32/h5-6,9-12,14-15H,4,7-8,13H2,1-3H3,(H,31,32). The molecule has 188 valence electrons. The highest BCUT2D eigenvalue weighted by atomic mass is 19.4. The van der Waals surface area contributed by atoms with Crippen LogP contribution in [0.5, 0.6) is 17.4 Å². The van der Waals surface area contributed by atoms with E-state index in [1.165, 1.54) is 32.3 Å². The molecule has 0 atom stereocenters. The number of nitrogens with zero attached hydrogens (tertiary/aromatic N) is 3.